The topological polar surface area (TPSA) is 60.3 Å². The second-order valence-electron chi connectivity index (χ2n) is 4.50. The maximum Gasteiger partial charge on any atom is 0.129 e. The van der Waals surface area contributed by atoms with Gasteiger partial charge in [0.15, 0.2) is 0 Å². The number of hydrogen-bond donors (Lipinski definition) is 1. The summed E-state index contributed by atoms with van der Waals surface area (Å²) in [5, 5.41) is 14.7. The van der Waals surface area contributed by atoms with Crippen molar-refractivity contribution in [3.8, 4) is 11.5 Å². The lowest BCUT2D eigenvalue weighted by Gasteiger charge is -2.18. The zero-order valence-electron chi connectivity index (χ0n) is 12.8. The van der Waals surface area contributed by atoms with Crippen molar-refractivity contribution in [1.29, 1.82) is 0 Å². The molecule has 0 fully saturated rings. The van der Waals surface area contributed by atoms with E-state index in [2.05, 4.69) is 5.16 Å². The number of aliphatic hydroxyl groups excluding tert-OH is 1. The maximum absolute atomic E-state index is 10.8. The fraction of sp³-hybridized carbons (Fsp3) is 0.235. The minimum Gasteiger partial charge on any atom is -0.496 e. The lowest BCUT2D eigenvalue weighted by atomic mass is 9.97. The quantitative estimate of drug-likeness (QED) is 0.658. The lowest BCUT2D eigenvalue weighted by Crippen LogP contribution is -2.16. The zero-order valence-corrected chi connectivity index (χ0v) is 12.8. The van der Waals surface area contributed by atoms with Crippen molar-refractivity contribution in [1.82, 2.24) is 0 Å². The summed E-state index contributed by atoms with van der Waals surface area (Å²) in [5.41, 5.74) is 1.61. The molecule has 0 aliphatic carbocycles. The smallest absolute Gasteiger partial charge is 0.129 e. The van der Waals surface area contributed by atoms with Gasteiger partial charge in [-0.1, -0.05) is 35.5 Å². The second-order valence-corrected chi connectivity index (χ2v) is 4.50. The molecule has 5 heteroatoms. The summed E-state index contributed by atoms with van der Waals surface area (Å²) in [6, 6.07) is 14.5. The van der Waals surface area contributed by atoms with Crippen molar-refractivity contribution >= 4 is 5.71 Å². The molecule has 0 aliphatic rings. The third kappa shape index (κ3) is 3.20. The first-order valence-corrected chi connectivity index (χ1v) is 6.78. The molecule has 0 spiro atoms. The van der Waals surface area contributed by atoms with Crippen molar-refractivity contribution in [3.63, 3.8) is 0 Å². The van der Waals surface area contributed by atoms with E-state index in [0.717, 1.165) is 0 Å². The van der Waals surface area contributed by atoms with E-state index >= 15 is 0 Å². The van der Waals surface area contributed by atoms with Crippen LogP contribution in [0.25, 0.3) is 0 Å². The van der Waals surface area contributed by atoms with Crippen LogP contribution in [0.3, 0.4) is 0 Å². The van der Waals surface area contributed by atoms with Gasteiger partial charge in [-0.15, -0.1) is 0 Å². The van der Waals surface area contributed by atoms with Gasteiger partial charge in [-0.25, -0.2) is 0 Å². The van der Waals surface area contributed by atoms with Crippen LogP contribution < -0.4 is 9.47 Å². The Balaban J connectivity index is 2.50. The van der Waals surface area contributed by atoms with Gasteiger partial charge in [0.2, 0.25) is 0 Å². The minimum absolute atomic E-state index is 0.351. The number of rotatable bonds is 6. The van der Waals surface area contributed by atoms with E-state index < -0.39 is 6.10 Å². The van der Waals surface area contributed by atoms with Crippen LogP contribution in [0.15, 0.2) is 53.7 Å². The van der Waals surface area contributed by atoms with Crippen LogP contribution in [0.5, 0.6) is 11.5 Å². The molecular formula is C17H19NO4. The molecule has 2 aromatic rings. The fourth-order valence-corrected chi connectivity index (χ4v) is 2.24. The van der Waals surface area contributed by atoms with Gasteiger partial charge in [0.05, 0.1) is 14.2 Å². The predicted octanol–water partition coefficient (Wildman–Crippen LogP) is 2.79. The molecule has 0 radical (unpaired) electrons. The van der Waals surface area contributed by atoms with Crippen LogP contribution in [-0.2, 0) is 4.84 Å². The van der Waals surface area contributed by atoms with Gasteiger partial charge >= 0.3 is 0 Å². The summed E-state index contributed by atoms with van der Waals surface area (Å²) >= 11 is 0. The largest absolute Gasteiger partial charge is 0.496 e. The van der Waals surface area contributed by atoms with E-state index in [1.807, 2.05) is 30.3 Å². The Kier molecular flexibility index (Phi) is 5.38. The average molecular weight is 301 g/mol. The Morgan fingerprint density at radius 1 is 0.909 bits per heavy atom. The van der Waals surface area contributed by atoms with E-state index in [-0.39, 0.29) is 0 Å². The highest BCUT2D eigenvalue weighted by molar-refractivity contribution is 6.06. The summed E-state index contributed by atoms with van der Waals surface area (Å²) < 4.78 is 10.6. The Bertz CT molecular complexity index is 655. The molecule has 0 saturated carbocycles. The molecule has 1 unspecified atom stereocenters. The number of methoxy groups -OCH3 is 2. The number of hydrogen-bond acceptors (Lipinski definition) is 5. The third-order valence-corrected chi connectivity index (χ3v) is 3.27. The predicted molar refractivity (Wildman–Crippen MR) is 84.5 cm³/mol. The molecular weight excluding hydrogens is 282 g/mol. The number of ether oxygens (including phenoxy) is 2. The molecule has 2 rings (SSSR count). The SMILES string of the molecule is CON=C(c1ccccc1OC)C(O)c1ccccc1OC. The Hall–Kier alpha value is -2.53. The highest BCUT2D eigenvalue weighted by atomic mass is 16.6. The van der Waals surface area contributed by atoms with Crippen molar-refractivity contribution in [2.75, 3.05) is 21.3 Å². The summed E-state index contributed by atoms with van der Waals surface area (Å²) in [6.07, 6.45) is -1.01. The zero-order chi connectivity index (χ0) is 15.9. The number of aliphatic hydroxyl groups is 1. The summed E-state index contributed by atoms with van der Waals surface area (Å²) in [4.78, 5) is 4.91. The Morgan fingerprint density at radius 3 is 2.14 bits per heavy atom. The number of oxime groups is 1. The van der Waals surface area contributed by atoms with Crippen molar-refractivity contribution in [2.24, 2.45) is 5.16 Å². The molecule has 0 saturated heterocycles. The van der Waals surface area contributed by atoms with Gasteiger partial charge in [0.1, 0.15) is 30.4 Å². The van der Waals surface area contributed by atoms with Crippen LogP contribution in [0, 0.1) is 0 Å². The van der Waals surface area contributed by atoms with E-state index in [1.165, 1.54) is 7.11 Å². The Labute approximate surface area is 129 Å². The van der Waals surface area contributed by atoms with Crippen molar-refractivity contribution in [2.45, 2.75) is 6.10 Å². The number of para-hydroxylation sites is 2. The monoisotopic (exact) mass is 301 g/mol. The van der Waals surface area contributed by atoms with Crippen LogP contribution in [-0.4, -0.2) is 32.1 Å². The molecule has 2 aromatic carbocycles. The summed E-state index contributed by atoms with van der Waals surface area (Å²) in [7, 11) is 4.56. The third-order valence-electron chi connectivity index (χ3n) is 3.27. The second kappa shape index (κ2) is 7.47. The molecule has 5 nitrogen and oxygen atoms in total. The van der Waals surface area contributed by atoms with Gasteiger partial charge in [-0.05, 0) is 18.2 Å². The van der Waals surface area contributed by atoms with E-state index in [9.17, 15) is 5.11 Å². The van der Waals surface area contributed by atoms with Crippen LogP contribution in [0.2, 0.25) is 0 Å². The number of benzene rings is 2. The maximum atomic E-state index is 10.8. The molecule has 22 heavy (non-hydrogen) atoms. The first-order valence-electron chi connectivity index (χ1n) is 6.78. The van der Waals surface area contributed by atoms with Crippen molar-refractivity contribution in [3.05, 3.63) is 59.7 Å². The molecule has 0 aliphatic heterocycles. The first kappa shape index (κ1) is 15.9. The normalized spacial score (nSPS) is 12.6. The summed E-state index contributed by atoms with van der Waals surface area (Å²) in [5.74, 6) is 1.18. The molecule has 0 aromatic heterocycles. The van der Waals surface area contributed by atoms with Crippen molar-refractivity contribution < 1.29 is 19.4 Å². The highest BCUT2D eigenvalue weighted by Crippen LogP contribution is 2.30. The standard InChI is InChI=1S/C17H19NO4/c1-20-14-10-6-4-8-12(14)16(18-22-3)17(19)13-9-5-7-11-15(13)21-2/h4-11,17,19H,1-3H3. The summed E-state index contributed by atoms with van der Waals surface area (Å²) in [6.45, 7) is 0. The fourth-order valence-electron chi connectivity index (χ4n) is 2.24. The van der Waals surface area contributed by atoms with E-state index in [4.69, 9.17) is 14.3 Å². The van der Waals surface area contributed by atoms with Gasteiger partial charge in [0.25, 0.3) is 0 Å². The molecule has 116 valence electrons. The van der Waals surface area contributed by atoms with Gasteiger partial charge in [-0.2, -0.15) is 0 Å². The molecule has 1 N–H and O–H groups in total. The van der Waals surface area contributed by atoms with Crippen LogP contribution in [0.1, 0.15) is 17.2 Å². The average Bonchev–Trinajstić information content (AvgIpc) is 2.59. The van der Waals surface area contributed by atoms with E-state index in [1.54, 1.807) is 32.4 Å². The molecule has 0 bridgehead atoms. The van der Waals surface area contributed by atoms with E-state index in [0.29, 0.717) is 28.3 Å². The molecule has 0 heterocycles. The number of nitrogens with zero attached hydrogens (tertiary/aromatic N) is 1. The Morgan fingerprint density at radius 2 is 1.50 bits per heavy atom. The lowest BCUT2D eigenvalue weighted by molar-refractivity contribution is 0.194. The van der Waals surface area contributed by atoms with Crippen LogP contribution >= 0.6 is 0 Å². The van der Waals surface area contributed by atoms with Gasteiger partial charge < -0.3 is 19.4 Å². The highest BCUT2D eigenvalue weighted by Gasteiger charge is 2.23. The van der Waals surface area contributed by atoms with Gasteiger partial charge in [-0.3, -0.25) is 0 Å². The molecule has 1 atom stereocenters. The van der Waals surface area contributed by atoms with Crippen LogP contribution in [0.4, 0.5) is 0 Å². The first-order chi connectivity index (χ1) is 10.7. The minimum atomic E-state index is -1.01. The van der Waals surface area contributed by atoms with Gasteiger partial charge in [0, 0.05) is 11.1 Å². The molecule has 0 amide bonds.